The molecular weight excluding hydrogens is 901 g/mol. The number of nitrogens with one attached hydrogen (secondary N) is 2. The van der Waals surface area contributed by atoms with Crippen molar-refractivity contribution < 1.29 is 0 Å². The Hall–Kier alpha value is -5.88. The zero-order chi connectivity index (χ0) is 54.8. The normalized spacial score (nSPS) is 13.6. The lowest BCUT2D eigenvalue weighted by Gasteiger charge is -2.27. The molecule has 0 aliphatic rings. The van der Waals surface area contributed by atoms with Crippen LogP contribution < -0.4 is 11.5 Å². The standard InChI is InChI=1S/C68H94N6/c1-45(2)37-41-65(9,10)55-29-21-49(22-30-55)59(69)61(51-25-33-57(34-26-51)67(13,14)43-39-47(5)6)73-63(71)53-17-19-54(20-18-53)64(72)74-62(52-27-35-58(36-28-52)68(15,16)44-40-48(7)8)60(70)50-23-31-56(32-24-50)66(11,12)42-38-46(3)4/h17-36,45-48,69,71H,37-44,70H2,1-16H3,(H2,72,74)/b62-60-,69-59?,71-63?,73-61?. The predicted molar refractivity (Wildman–Crippen MR) is 323 cm³/mol. The van der Waals surface area contributed by atoms with Crippen LogP contribution in [0.4, 0.5) is 0 Å². The monoisotopic (exact) mass is 995 g/mol. The van der Waals surface area contributed by atoms with E-state index in [1.807, 2.05) is 36.4 Å². The molecule has 0 unspecified atom stereocenters. The van der Waals surface area contributed by atoms with Crippen molar-refractivity contribution in [3.8, 4) is 0 Å². The molecular formula is C68H94N6. The number of nitrogens with two attached hydrogens (primary N) is 2. The van der Waals surface area contributed by atoms with Crippen LogP contribution in [0, 0.1) is 34.5 Å². The van der Waals surface area contributed by atoms with Gasteiger partial charge in [-0.3, -0.25) is 10.8 Å². The summed E-state index contributed by atoms with van der Waals surface area (Å²) in [5.41, 5.74) is 25.7. The summed E-state index contributed by atoms with van der Waals surface area (Å²) in [6.07, 6.45) is 8.99. The van der Waals surface area contributed by atoms with Gasteiger partial charge in [0, 0.05) is 27.8 Å². The first-order chi connectivity index (χ1) is 34.6. The van der Waals surface area contributed by atoms with Crippen LogP contribution in [0.5, 0.6) is 0 Å². The van der Waals surface area contributed by atoms with Crippen molar-refractivity contribution >= 4 is 34.5 Å². The van der Waals surface area contributed by atoms with Crippen molar-refractivity contribution in [2.45, 2.75) is 184 Å². The van der Waals surface area contributed by atoms with E-state index in [4.69, 9.17) is 21.5 Å². The van der Waals surface area contributed by atoms with Gasteiger partial charge in [0.2, 0.25) is 0 Å². The van der Waals surface area contributed by atoms with Crippen LogP contribution in [-0.4, -0.2) is 23.1 Å². The quantitative estimate of drug-likeness (QED) is 0.0279. The molecule has 74 heavy (non-hydrogen) atoms. The molecule has 0 saturated carbocycles. The van der Waals surface area contributed by atoms with Crippen molar-refractivity contribution in [1.82, 2.24) is 0 Å². The molecule has 0 radical (unpaired) electrons. The minimum absolute atomic E-state index is 0.00186. The number of amidine groups is 2. The van der Waals surface area contributed by atoms with E-state index < -0.39 is 0 Å². The van der Waals surface area contributed by atoms with Crippen molar-refractivity contribution in [2.24, 2.45) is 45.1 Å². The molecule has 0 aliphatic carbocycles. The maximum absolute atomic E-state index is 9.63. The van der Waals surface area contributed by atoms with Crippen LogP contribution >= 0.6 is 0 Å². The fourth-order valence-corrected chi connectivity index (χ4v) is 9.50. The molecule has 5 aromatic carbocycles. The molecule has 0 aromatic heterocycles. The van der Waals surface area contributed by atoms with E-state index in [1.54, 1.807) is 0 Å². The molecule has 0 saturated heterocycles. The third kappa shape index (κ3) is 16.1. The highest BCUT2D eigenvalue weighted by Crippen LogP contribution is 2.36. The molecule has 0 heterocycles. The van der Waals surface area contributed by atoms with Gasteiger partial charge in [-0.15, -0.1) is 0 Å². The minimum atomic E-state index is -0.00186. The Balaban J connectivity index is 1.52. The summed E-state index contributed by atoms with van der Waals surface area (Å²) < 4.78 is 0. The van der Waals surface area contributed by atoms with Gasteiger partial charge in [-0.2, -0.15) is 0 Å². The zero-order valence-electron chi connectivity index (χ0n) is 48.6. The summed E-state index contributed by atoms with van der Waals surface area (Å²) in [4.78, 5) is 10.1. The first-order valence-electron chi connectivity index (χ1n) is 27.7. The van der Waals surface area contributed by atoms with Gasteiger partial charge in [-0.05, 0) is 98.8 Å². The van der Waals surface area contributed by atoms with Crippen molar-refractivity contribution in [1.29, 1.82) is 10.8 Å². The fourth-order valence-electron chi connectivity index (χ4n) is 9.50. The highest BCUT2D eigenvalue weighted by atomic mass is 14.9. The van der Waals surface area contributed by atoms with Gasteiger partial charge in [-0.1, -0.05) is 258 Å². The van der Waals surface area contributed by atoms with E-state index in [1.165, 1.54) is 28.7 Å². The average molecular weight is 996 g/mol. The largest absolute Gasteiger partial charge is 0.396 e. The highest BCUT2D eigenvalue weighted by Gasteiger charge is 2.26. The molecule has 6 nitrogen and oxygen atoms in total. The Labute approximate surface area is 449 Å². The number of hydrogen-bond acceptors (Lipinski definition) is 4. The molecule has 5 aromatic rings. The zero-order valence-corrected chi connectivity index (χ0v) is 48.6. The van der Waals surface area contributed by atoms with Crippen molar-refractivity contribution in [3.63, 3.8) is 0 Å². The van der Waals surface area contributed by atoms with Crippen molar-refractivity contribution in [3.05, 3.63) is 177 Å². The topological polar surface area (TPSA) is 124 Å². The maximum atomic E-state index is 9.63. The smallest absolute Gasteiger partial charge is 0.152 e. The number of benzene rings is 5. The number of nitrogens with zero attached hydrogens (tertiary/aromatic N) is 2. The Kier molecular flexibility index (Phi) is 20.0. The van der Waals surface area contributed by atoms with Gasteiger partial charge < -0.3 is 11.5 Å². The minimum Gasteiger partial charge on any atom is -0.396 e. The van der Waals surface area contributed by atoms with Crippen molar-refractivity contribution in [2.75, 3.05) is 0 Å². The van der Waals surface area contributed by atoms with Gasteiger partial charge in [0.1, 0.15) is 5.84 Å². The second-order valence-corrected chi connectivity index (χ2v) is 25.6. The van der Waals surface area contributed by atoms with E-state index in [9.17, 15) is 10.8 Å². The summed E-state index contributed by atoms with van der Waals surface area (Å²) >= 11 is 0. The van der Waals surface area contributed by atoms with Crippen LogP contribution in [0.2, 0.25) is 0 Å². The van der Waals surface area contributed by atoms with Crippen LogP contribution in [0.25, 0.3) is 11.4 Å². The second-order valence-electron chi connectivity index (χ2n) is 25.6. The SMILES string of the molecule is CC(C)CCC(C)(C)c1ccc(C(=N)C(=NC(=N)c2ccc(C(N)=N/C(=C(\N)c3ccc(C(C)(C)CCC(C)C)cc3)c3ccc(C(C)(C)CCC(C)C)cc3)cc2)c2ccc(C(C)(C)CCC(C)C)cc2)cc1. The van der Waals surface area contributed by atoms with Gasteiger partial charge in [0.05, 0.1) is 22.8 Å². The lowest BCUT2D eigenvalue weighted by atomic mass is 9.78. The van der Waals surface area contributed by atoms with E-state index in [0.717, 1.165) is 67.2 Å². The molecule has 0 fully saturated rings. The first kappa shape index (κ1) is 59.0. The molecule has 0 aliphatic heterocycles. The fraction of sp³-hybridized carbons (Fsp3) is 0.471. The molecule has 0 amide bonds. The van der Waals surface area contributed by atoms with Crippen LogP contribution in [0.3, 0.4) is 0 Å². The lowest BCUT2D eigenvalue weighted by molar-refractivity contribution is 0.414. The van der Waals surface area contributed by atoms with Gasteiger partial charge >= 0.3 is 0 Å². The second kappa shape index (κ2) is 25.1. The van der Waals surface area contributed by atoms with Crippen LogP contribution in [0.15, 0.2) is 131 Å². The third-order valence-electron chi connectivity index (χ3n) is 15.6. The van der Waals surface area contributed by atoms with Crippen LogP contribution in [-0.2, 0) is 21.7 Å². The van der Waals surface area contributed by atoms with E-state index in [0.29, 0.717) is 57.7 Å². The Morgan fingerprint density at radius 3 is 1.00 bits per heavy atom. The number of hydrogen-bond donors (Lipinski definition) is 4. The van der Waals surface area contributed by atoms with E-state index in [2.05, 4.69) is 196 Å². The summed E-state index contributed by atoms with van der Waals surface area (Å²) in [7, 11) is 0. The summed E-state index contributed by atoms with van der Waals surface area (Å²) in [6.45, 7) is 36.7. The Bertz CT molecular complexity index is 2720. The molecule has 0 bridgehead atoms. The predicted octanol–water partition coefficient (Wildman–Crippen LogP) is 17.6. The number of aliphatic imine (C=N–C) groups is 2. The third-order valence-corrected chi connectivity index (χ3v) is 15.6. The van der Waals surface area contributed by atoms with E-state index >= 15 is 0 Å². The summed E-state index contributed by atoms with van der Waals surface area (Å²) in [5, 5.41) is 19.0. The Morgan fingerprint density at radius 1 is 0.378 bits per heavy atom. The lowest BCUT2D eigenvalue weighted by Crippen LogP contribution is -2.21. The molecule has 0 spiro atoms. The maximum Gasteiger partial charge on any atom is 0.152 e. The summed E-state index contributed by atoms with van der Waals surface area (Å²) in [6, 6.07) is 41.6. The number of rotatable bonds is 24. The first-order valence-corrected chi connectivity index (χ1v) is 27.7. The molecule has 0 atom stereocenters. The highest BCUT2D eigenvalue weighted by molar-refractivity contribution is 6.53. The molecule has 6 N–H and O–H groups in total. The average Bonchev–Trinajstić information content (AvgIpc) is 3.37. The summed E-state index contributed by atoms with van der Waals surface area (Å²) in [5.74, 6) is 2.91. The molecule has 396 valence electrons. The van der Waals surface area contributed by atoms with Gasteiger partial charge in [0.25, 0.3) is 0 Å². The van der Waals surface area contributed by atoms with Crippen LogP contribution in [0.1, 0.15) is 218 Å². The molecule has 6 heteroatoms. The van der Waals surface area contributed by atoms with Gasteiger partial charge in [-0.25, -0.2) is 9.98 Å². The Morgan fingerprint density at radius 2 is 0.662 bits per heavy atom. The molecule has 5 rings (SSSR count). The van der Waals surface area contributed by atoms with E-state index in [-0.39, 0.29) is 33.2 Å². The van der Waals surface area contributed by atoms with Gasteiger partial charge in [0.15, 0.2) is 5.84 Å².